The van der Waals surface area contributed by atoms with Gasteiger partial charge in [-0.15, -0.1) is 0 Å². The molecule has 0 atom stereocenters. The second-order valence-corrected chi connectivity index (χ2v) is 5.22. The number of carbonyl (C=O) groups excluding carboxylic acids is 2. The van der Waals surface area contributed by atoms with Crippen LogP contribution in [0.3, 0.4) is 0 Å². The van der Waals surface area contributed by atoms with Crippen LogP contribution in [0.25, 0.3) is 22.0 Å². The molecule has 0 unspecified atom stereocenters. The maximum atomic E-state index is 12.3. The molecule has 4 rings (SSSR count). The van der Waals surface area contributed by atoms with Gasteiger partial charge in [-0.25, -0.2) is 9.55 Å². The molecule has 3 heterocycles. The molecule has 1 aromatic carbocycles. The van der Waals surface area contributed by atoms with E-state index in [4.69, 9.17) is 0 Å². The fourth-order valence-electron chi connectivity index (χ4n) is 2.88. The number of nitrogens with zero attached hydrogens (tertiary/aromatic N) is 1. The van der Waals surface area contributed by atoms with Crippen LogP contribution in [0, 0.1) is 0 Å². The molecule has 1 aliphatic heterocycles. The third kappa shape index (κ3) is 1.64. The van der Waals surface area contributed by atoms with Gasteiger partial charge in [0.05, 0.1) is 12.6 Å². The van der Waals surface area contributed by atoms with E-state index in [2.05, 4.69) is 15.3 Å². The number of H-pyrrole nitrogens is 2. The minimum Gasteiger partial charge on any atom is -0.361 e. The predicted molar refractivity (Wildman–Crippen MR) is 80.2 cm³/mol. The summed E-state index contributed by atoms with van der Waals surface area (Å²) in [6.07, 6.45) is 5.21. The lowest BCUT2D eigenvalue weighted by Crippen LogP contribution is -2.31. The van der Waals surface area contributed by atoms with Crippen molar-refractivity contribution in [1.82, 2.24) is 15.3 Å². The van der Waals surface area contributed by atoms with E-state index < -0.39 is 0 Å². The van der Waals surface area contributed by atoms with Crippen molar-refractivity contribution < 1.29 is 14.2 Å². The Morgan fingerprint density at radius 2 is 1.77 bits per heavy atom. The average molecular weight is 293 g/mol. The van der Waals surface area contributed by atoms with Crippen molar-refractivity contribution in [3.63, 3.8) is 0 Å². The van der Waals surface area contributed by atoms with E-state index in [9.17, 15) is 9.59 Å². The molecule has 1 aliphatic rings. The van der Waals surface area contributed by atoms with Gasteiger partial charge in [0.2, 0.25) is 6.33 Å². The Morgan fingerprint density at radius 1 is 1.00 bits per heavy atom. The maximum Gasteiger partial charge on any atom is 0.263 e. The molecule has 3 aromatic rings. The first-order chi connectivity index (χ1) is 10.7. The maximum absolute atomic E-state index is 12.3. The topological polar surface area (TPSA) is 81.6 Å². The van der Waals surface area contributed by atoms with Crippen molar-refractivity contribution in [2.45, 2.75) is 0 Å². The second-order valence-electron chi connectivity index (χ2n) is 5.22. The normalized spacial score (nSPS) is 15.0. The number of fused-ring (bicyclic) bond motifs is 1. The minimum absolute atomic E-state index is 0.369. The zero-order valence-electron chi connectivity index (χ0n) is 11.8. The van der Waals surface area contributed by atoms with Crippen molar-refractivity contribution >= 4 is 33.9 Å². The lowest BCUT2D eigenvalue weighted by molar-refractivity contribution is -0.672. The summed E-state index contributed by atoms with van der Waals surface area (Å²) in [5.74, 6) is -0.744. The van der Waals surface area contributed by atoms with E-state index in [1.54, 1.807) is 23.3 Å². The van der Waals surface area contributed by atoms with Gasteiger partial charge in [-0.1, -0.05) is 18.2 Å². The number of rotatable bonds is 2. The monoisotopic (exact) mass is 293 g/mol. The van der Waals surface area contributed by atoms with E-state index in [-0.39, 0.29) is 11.8 Å². The number of nitrogens with one attached hydrogen (secondary N) is 3. The van der Waals surface area contributed by atoms with Crippen LogP contribution in [0.15, 0.2) is 43.0 Å². The lowest BCUT2D eigenvalue weighted by atomic mass is 9.99. The molecule has 0 bridgehead atoms. The van der Waals surface area contributed by atoms with Crippen LogP contribution in [0.5, 0.6) is 0 Å². The van der Waals surface area contributed by atoms with Gasteiger partial charge in [-0.2, -0.15) is 0 Å². The summed E-state index contributed by atoms with van der Waals surface area (Å²) in [6, 6.07) is 7.69. The summed E-state index contributed by atoms with van der Waals surface area (Å²) in [7, 11) is 1.82. The first-order valence-corrected chi connectivity index (χ1v) is 6.86. The number of aromatic amines is 2. The average Bonchev–Trinajstić information content (AvgIpc) is 3.16. The molecule has 2 amide bonds. The minimum atomic E-state index is -0.375. The number of aryl methyl sites for hydroxylation is 1. The van der Waals surface area contributed by atoms with Gasteiger partial charge in [0.15, 0.2) is 5.69 Å². The summed E-state index contributed by atoms with van der Waals surface area (Å²) in [6.45, 7) is 0. The van der Waals surface area contributed by atoms with Crippen molar-refractivity contribution in [3.8, 4) is 0 Å². The van der Waals surface area contributed by atoms with Gasteiger partial charge in [-0.05, 0) is 6.07 Å². The Bertz CT molecular complexity index is 961. The van der Waals surface area contributed by atoms with E-state index in [1.165, 1.54) is 0 Å². The number of carbonyl (C=O) groups is 2. The molecule has 6 nitrogen and oxygen atoms in total. The molecule has 6 heteroatoms. The van der Waals surface area contributed by atoms with Crippen molar-refractivity contribution in [2.75, 3.05) is 0 Å². The molecule has 0 saturated carbocycles. The van der Waals surface area contributed by atoms with Crippen molar-refractivity contribution in [3.05, 3.63) is 54.2 Å². The second kappa shape index (κ2) is 4.42. The molecule has 0 spiro atoms. The van der Waals surface area contributed by atoms with Crippen LogP contribution in [-0.4, -0.2) is 21.8 Å². The highest BCUT2D eigenvalue weighted by Crippen LogP contribution is 2.33. The van der Waals surface area contributed by atoms with Crippen LogP contribution in [0.4, 0.5) is 0 Å². The number of para-hydroxylation sites is 1. The molecule has 0 aliphatic carbocycles. The lowest BCUT2D eigenvalue weighted by Gasteiger charge is -2.01. The smallest absolute Gasteiger partial charge is 0.263 e. The van der Waals surface area contributed by atoms with Gasteiger partial charge in [0.25, 0.3) is 11.8 Å². The van der Waals surface area contributed by atoms with E-state index in [0.29, 0.717) is 16.8 Å². The van der Waals surface area contributed by atoms with Crippen LogP contribution in [0.1, 0.15) is 11.3 Å². The molecule has 0 fully saturated rings. The van der Waals surface area contributed by atoms with Crippen LogP contribution < -0.4 is 9.88 Å². The van der Waals surface area contributed by atoms with E-state index in [1.807, 2.05) is 31.3 Å². The molecule has 2 aromatic heterocycles. The van der Waals surface area contributed by atoms with Gasteiger partial charge in [0.1, 0.15) is 11.8 Å². The van der Waals surface area contributed by atoms with Crippen LogP contribution in [0.2, 0.25) is 0 Å². The first-order valence-electron chi connectivity index (χ1n) is 6.86. The fourth-order valence-corrected chi connectivity index (χ4v) is 2.88. The van der Waals surface area contributed by atoms with Gasteiger partial charge >= 0.3 is 0 Å². The molecule has 0 radical (unpaired) electrons. The number of hydrogen-bond donors (Lipinski definition) is 3. The van der Waals surface area contributed by atoms with Gasteiger partial charge < -0.3 is 4.98 Å². The molecule has 108 valence electrons. The summed E-state index contributed by atoms with van der Waals surface area (Å²) < 4.78 is 1.78. The highest BCUT2D eigenvalue weighted by Gasteiger charge is 2.36. The quantitative estimate of drug-likeness (QED) is 0.484. The number of imidazole rings is 1. The number of imide groups is 1. The molecular formula is C16H13N4O2+. The Hall–Kier alpha value is -3.15. The fraction of sp³-hybridized carbons (Fsp3) is 0.0625. The van der Waals surface area contributed by atoms with E-state index in [0.717, 1.165) is 16.5 Å². The highest BCUT2D eigenvalue weighted by molar-refractivity contribution is 6.49. The zero-order valence-corrected chi connectivity index (χ0v) is 11.8. The Morgan fingerprint density at radius 3 is 2.55 bits per heavy atom. The first kappa shape index (κ1) is 12.6. The summed E-state index contributed by atoms with van der Waals surface area (Å²) in [5, 5.41) is 3.31. The third-order valence-electron chi connectivity index (χ3n) is 3.91. The third-order valence-corrected chi connectivity index (χ3v) is 3.91. The Balaban J connectivity index is 2.05. The molecule has 3 N–H and O–H groups in total. The number of amides is 2. The van der Waals surface area contributed by atoms with Gasteiger partial charge in [0, 0.05) is 22.7 Å². The number of hydrogen-bond acceptors (Lipinski definition) is 2. The standard InChI is InChI=1S/C16H12N4O2/c1-20-8-17-7-12(20)14-13(15(21)19-16(14)22)10-6-18-11-5-3-2-4-9(10)11/h2-8H,1H3,(H2,18,19,21,22)/p+1. The predicted octanol–water partition coefficient (Wildman–Crippen LogP) is 0.888. The van der Waals surface area contributed by atoms with Crippen LogP contribution in [-0.2, 0) is 16.6 Å². The highest BCUT2D eigenvalue weighted by atomic mass is 16.2. The van der Waals surface area contributed by atoms with Gasteiger partial charge in [-0.3, -0.25) is 14.9 Å². The van der Waals surface area contributed by atoms with Crippen molar-refractivity contribution in [1.29, 1.82) is 0 Å². The Labute approximate surface area is 125 Å². The van der Waals surface area contributed by atoms with E-state index >= 15 is 0 Å². The molecule has 0 saturated heterocycles. The number of aromatic nitrogens is 3. The molecule has 22 heavy (non-hydrogen) atoms. The van der Waals surface area contributed by atoms with Crippen molar-refractivity contribution in [2.24, 2.45) is 7.05 Å². The summed E-state index contributed by atoms with van der Waals surface area (Å²) in [5.41, 5.74) is 3.12. The SMILES string of the molecule is C[n+]1c[nH]cc1C1=C(c2c[nH]c3ccccc23)C(=O)NC1=O. The largest absolute Gasteiger partial charge is 0.361 e. The summed E-state index contributed by atoms with van der Waals surface area (Å²) >= 11 is 0. The zero-order chi connectivity index (χ0) is 15.3. The Kier molecular flexibility index (Phi) is 2.53. The number of benzene rings is 1. The van der Waals surface area contributed by atoms with Crippen LogP contribution >= 0.6 is 0 Å². The summed E-state index contributed by atoms with van der Waals surface area (Å²) in [4.78, 5) is 30.7. The molecular weight excluding hydrogens is 280 g/mol.